The third kappa shape index (κ3) is 1.90. The summed E-state index contributed by atoms with van der Waals surface area (Å²) in [6.07, 6.45) is 0.310. The van der Waals surface area contributed by atoms with Gasteiger partial charge in [-0.1, -0.05) is 43.1 Å². The van der Waals surface area contributed by atoms with E-state index in [0.717, 1.165) is 0 Å². The van der Waals surface area contributed by atoms with E-state index in [1.54, 1.807) is 18.2 Å². The largest absolute Gasteiger partial charge is 0.488 e. The first kappa shape index (κ1) is 12.0. The van der Waals surface area contributed by atoms with Gasteiger partial charge in [-0.25, -0.2) is 0 Å². The maximum absolute atomic E-state index is 9.61. The summed E-state index contributed by atoms with van der Waals surface area (Å²) in [4.78, 5) is 0. The fourth-order valence-corrected chi connectivity index (χ4v) is 2.13. The summed E-state index contributed by atoms with van der Waals surface area (Å²) in [5.41, 5.74) is -0.231. The minimum absolute atomic E-state index is 0.0153. The summed E-state index contributed by atoms with van der Waals surface area (Å²) in [5, 5.41) is 10.5. The third-order valence-electron chi connectivity index (χ3n) is 3.31. The van der Waals surface area contributed by atoms with Crippen molar-refractivity contribution >= 4 is 23.2 Å². The highest BCUT2D eigenvalue weighted by Crippen LogP contribution is 2.44. The molecule has 1 aliphatic rings. The van der Waals surface area contributed by atoms with Crippen molar-refractivity contribution in [2.75, 3.05) is 0 Å². The van der Waals surface area contributed by atoms with Gasteiger partial charge in [0.1, 0.15) is 16.9 Å². The summed E-state index contributed by atoms with van der Waals surface area (Å²) in [7, 11) is 0. The number of ether oxygens (including phenoxy) is 1. The molecule has 1 N–H and O–H groups in total. The fourth-order valence-electron chi connectivity index (χ4n) is 1.79. The molecule has 0 radical (unpaired) electrons. The lowest BCUT2D eigenvalue weighted by atomic mass is 9.66. The molecule has 0 heterocycles. The van der Waals surface area contributed by atoms with E-state index in [-0.39, 0.29) is 17.6 Å². The molecule has 1 fully saturated rings. The lowest BCUT2D eigenvalue weighted by Crippen LogP contribution is -2.56. The van der Waals surface area contributed by atoms with Crippen LogP contribution in [-0.4, -0.2) is 17.3 Å². The van der Waals surface area contributed by atoms with Crippen LogP contribution in [0.5, 0.6) is 5.75 Å². The molecule has 2 nitrogen and oxygen atoms in total. The average molecular weight is 261 g/mol. The molecule has 88 valence electrons. The van der Waals surface area contributed by atoms with Gasteiger partial charge >= 0.3 is 0 Å². The monoisotopic (exact) mass is 260 g/mol. The van der Waals surface area contributed by atoms with E-state index in [1.807, 2.05) is 13.8 Å². The van der Waals surface area contributed by atoms with Crippen molar-refractivity contribution < 1.29 is 9.84 Å². The summed E-state index contributed by atoms with van der Waals surface area (Å²) in [6, 6.07) is 5.30. The molecule has 0 bridgehead atoms. The first-order valence-electron chi connectivity index (χ1n) is 5.21. The number of halogens is 2. The van der Waals surface area contributed by atoms with Crippen molar-refractivity contribution in [3.05, 3.63) is 28.2 Å². The number of benzene rings is 1. The number of rotatable bonds is 2. The Morgan fingerprint density at radius 2 is 2.06 bits per heavy atom. The fraction of sp³-hybridized carbons (Fsp3) is 0.500. The van der Waals surface area contributed by atoms with E-state index in [9.17, 15) is 5.11 Å². The van der Waals surface area contributed by atoms with Gasteiger partial charge in [-0.05, 0) is 12.1 Å². The molecular weight excluding hydrogens is 247 g/mol. The molecular formula is C12H14Cl2O2. The highest BCUT2D eigenvalue weighted by molar-refractivity contribution is 6.42. The van der Waals surface area contributed by atoms with Crippen LogP contribution in [-0.2, 0) is 0 Å². The third-order valence-corrected chi connectivity index (χ3v) is 4.11. The average Bonchev–Trinajstić information content (AvgIpc) is 2.24. The Balaban J connectivity index is 2.14. The summed E-state index contributed by atoms with van der Waals surface area (Å²) in [6.45, 7) is 3.95. The van der Waals surface area contributed by atoms with Crippen LogP contribution in [0.4, 0.5) is 0 Å². The van der Waals surface area contributed by atoms with E-state index < -0.39 is 0 Å². The van der Waals surface area contributed by atoms with Gasteiger partial charge in [-0.2, -0.15) is 0 Å². The number of hydrogen-bond donors (Lipinski definition) is 1. The predicted molar refractivity (Wildman–Crippen MR) is 65.3 cm³/mol. The second-order valence-electron chi connectivity index (χ2n) is 4.73. The molecule has 1 saturated carbocycles. The van der Waals surface area contributed by atoms with Gasteiger partial charge in [-0.15, -0.1) is 0 Å². The minimum Gasteiger partial charge on any atom is -0.488 e. The maximum atomic E-state index is 9.61. The van der Waals surface area contributed by atoms with Gasteiger partial charge in [0, 0.05) is 11.8 Å². The lowest BCUT2D eigenvalue weighted by molar-refractivity contribution is -0.134. The molecule has 0 saturated heterocycles. The van der Waals surface area contributed by atoms with Gasteiger partial charge in [0.2, 0.25) is 0 Å². The molecule has 2 rings (SSSR count). The van der Waals surface area contributed by atoms with Crippen LogP contribution in [0.2, 0.25) is 10.0 Å². The Hall–Kier alpha value is -0.440. The topological polar surface area (TPSA) is 29.5 Å². The van der Waals surface area contributed by atoms with Crippen LogP contribution in [0.25, 0.3) is 0 Å². The van der Waals surface area contributed by atoms with Crippen molar-refractivity contribution in [3.63, 3.8) is 0 Å². The van der Waals surface area contributed by atoms with Crippen molar-refractivity contribution in [3.8, 4) is 5.75 Å². The molecule has 0 aliphatic heterocycles. The standard InChI is InChI=1S/C12H14Cl2O2/c1-12(2)9(15)6-10(12)16-8-5-3-4-7(13)11(8)14/h3-5,9-10,15H,6H2,1-2H3. The second kappa shape index (κ2) is 4.10. The Morgan fingerprint density at radius 1 is 1.38 bits per heavy atom. The number of hydrogen-bond acceptors (Lipinski definition) is 2. The maximum Gasteiger partial charge on any atom is 0.139 e. The Kier molecular flexibility index (Phi) is 3.08. The van der Waals surface area contributed by atoms with Crippen LogP contribution in [0.1, 0.15) is 20.3 Å². The second-order valence-corrected chi connectivity index (χ2v) is 5.52. The van der Waals surface area contributed by atoms with Crippen LogP contribution >= 0.6 is 23.2 Å². The van der Waals surface area contributed by atoms with E-state index >= 15 is 0 Å². The van der Waals surface area contributed by atoms with E-state index in [4.69, 9.17) is 27.9 Å². The van der Waals surface area contributed by atoms with Crippen LogP contribution in [0.15, 0.2) is 18.2 Å². The van der Waals surface area contributed by atoms with Crippen LogP contribution < -0.4 is 4.74 Å². The van der Waals surface area contributed by atoms with E-state index in [1.165, 1.54) is 0 Å². The van der Waals surface area contributed by atoms with E-state index in [2.05, 4.69) is 0 Å². The molecule has 1 aromatic rings. The van der Waals surface area contributed by atoms with Crippen molar-refractivity contribution in [2.45, 2.75) is 32.5 Å². The SMILES string of the molecule is CC1(C)C(O)CC1Oc1cccc(Cl)c1Cl. The van der Waals surface area contributed by atoms with Crippen molar-refractivity contribution in [2.24, 2.45) is 5.41 Å². The van der Waals surface area contributed by atoms with Crippen molar-refractivity contribution in [1.82, 2.24) is 0 Å². The van der Waals surface area contributed by atoms with Gasteiger partial charge in [0.05, 0.1) is 11.1 Å². The van der Waals surface area contributed by atoms with E-state index in [0.29, 0.717) is 22.2 Å². The zero-order valence-electron chi connectivity index (χ0n) is 9.21. The molecule has 1 aliphatic carbocycles. The summed E-state index contributed by atoms with van der Waals surface area (Å²) >= 11 is 11.9. The molecule has 16 heavy (non-hydrogen) atoms. The van der Waals surface area contributed by atoms with Gasteiger partial charge in [0.25, 0.3) is 0 Å². The number of aliphatic hydroxyl groups excluding tert-OH is 1. The van der Waals surface area contributed by atoms with Crippen LogP contribution in [0.3, 0.4) is 0 Å². The Labute approximate surface area is 105 Å². The smallest absolute Gasteiger partial charge is 0.139 e. The van der Waals surface area contributed by atoms with Gasteiger partial charge in [0.15, 0.2) is 0 Å². The molecule has 1 aromatic carbocycles. The van der Waals surface area contributed by atoms with Gasteiger partial charge in [-0.3, -0.25) is 0 Å². The molecule has 2 unspecified atom stereocenters. The minimum atomic E-state index is -0.310. The van der Waals surface area contributed by atoms with Crippen molar-refractivity contribution in [1.29, 1.82) is 0 Å². The zero-order valence-corrected chi connectivity index (χ0v) is 10.7. The molecule has 2 atom stereocenters. The van der Waals surface area contributed by atoms with Crippen LogP contribution in [0, 0.1) is 5.41 Å². The highest BCUT2D eigenvalue weighted by Gasteiger charge is 2.49. The lowest BCUT2D eigenvalue weighted by Gasteiger charge is -2.48. The number of aliphatic hydroxyl groups is 1. The first-order valence-corrected chi connectivity index (χ1v) is 5.97. The molecule has 4 heteroatoms. The quantitative estimate of drug-likeness (QED) is 0.882. The molecule has 0 amide bonds. The Bertz CT molecular complexity index is 404. The molecule has 0 spiro atoms. The highest BCUT2D eigenvalue weighted by atomic mass is 35.5. The first-order chi connectivity index (χ1) is 7.43. The zero-order chi connectivity index (χ0) is 11.9. The molecule has 0 aromatic heterocycles. The predicted octanol–water partition coefficient (Wildman–Crippen LogP) is 3.53. The Morgan fingerprint density at radius 3 is 2.62 bits per heavy atom. The summed E-state index contributed by atoms with van der Waals surface area (Å²) < 4.78 is 5.77. The van der Waals surface area contributed by atoms with Gasteiger partial charge < -0.3 is 9.84 Å². The summed E-state index contributed by atoms with van der Waals surface area (Å²) in [5.74, 6) is 0.583. The normalized spacial score (nSPS) is 27.3.